The monoisotopic (exact) mass is 221 g/mol. The molecule has 2 rings (SSSR count). The summed E-state index contributed by atoms with van der Waals surface area (Å²) in [5, 5.41) is 0. The van der Waals surface area contributed by atoms with E-state index in [9.17, 15) is 9.18 Å². The van der Waals surface area contributed by atoms with Gasteiger partial charge >= 0.3 is 0 Å². The quantitative estimate of drug-likeness (QED) is 0.782. The number of rotatable bonds is 3. The molecule has 1 fully saturated rings. The Morgan fingerprint density at radius 3 is 2.94 bits per heavy atom. The van der Waals surface area contributed by atoms with E-state index in [0.29, 0.717) is 18.7 Å². The third-order valence-corrected chi connectivity index (χ3v) is 3.17. The number of benzene rings is 1. The Morgan fingerprint density at radius 1 is 1.50 bits per heavy atom. The van der Waals surface area contributed by atoms with E-state index >= 15 is 0 Å². The molecule has 0 aliphatic heterocycles. The van der Waals surface area contributed by atoms with Crippen LogP contribution in [0.2, 0.25) is 0 Å². The fourth-order valence-corrected chi connectivity index (χ4v) is 2.23. The minimum atomic E-state index is -0.234. The molecule has 0 saturated heterocycles. The van der Waals surface area contributed by atoms with Crippen LogP contribution in [-0.2, 0) is 4.79 Å². The minimum Gasteiger partial charge on any atom is -0.374 e. The topological polar surface area (TPSA) is 20.3 Å². The molecule has 1 saturated carbocycles. The summed E-state index contributed by atoms with van der Waals surface area (Å²) in [4.78, 5) is 13.5. The first-order chi connectivity index (χ1) is 7.66. The molecule has 3 heteroatoms. The molecule has 0 aromatic heterocycles. The Morgan fingerprint density at radius 2 is 2.31 bits per heavy atom. The van der Waals surface area contributed by atoms with Gasteiger partial charge in [-0.3, -0.25) is 4.79 Å². The number of halogens is 1. The summed E-state index contributed by atoms with van der Waals surface area (Å²) in [6.45, 7) is 0.697. The van der Waals surface area contributed by atoms with Crippen LogP contribution in [0.15, 0.2) is 24.3 Å². The molecular formula is C13H16FNO. The van der Waals surface area contributed by atoms with Crippen LogP contribution in [0.5, 0.6) is 0 Å². The molecule has 86 valence electrons. The van der Waals surface area contributed by atoms with Crippen LogP contribution < -0.4 is 4.90 Å². The summed E-state index contributed by atoms with van der Waals surface area (Å²) in [7, 11) is 1.90. The van der Waals surface area contributed by atoms with Crippen LogP contribution in [0, 0.1) is 11.7 Å². The van der Waals surface area contributed by atoms with Crippen molar-refractivity contribution in [3.8, 4) is 0 Å². The van der Waals surface area contributed by atoms with Crippen molar-refractivity contribution in [1.82, 2.24) is 0 Å². The number of ketones is 1. The van der Waals surface area contributed by atoms with Crippen molar-refractivity contribution in [3.05, 3.63) is 30.1 Å². The van der Waals surface area contributed by atoms with Gasteiger partial charge in [-0.2, -0.15) is 0 Å². The highest BCUT2D eigenvalue weighted by molar-refractivity contribution is 5.83. The number of carbonyl (C=O) groups is 1. The Labute approximate surface area is 95.1 Å². The molecule has 0 N–H and O–H groups in total. The smallest absolute Gasteiger partial charge is 0.137 e. The summed E-state index contributed by atoms with van der Waals surface area (Å²) in [5.41, 5.74) is 0.833. The maximum atomic E-state index is 13.0. The van der Waals surface area contributed by atoms with Crippen LogP contribution in [0.3, 0.4) is 0 Å². The number of hydrogen-bond donors (Lipinski definition) is 0. The molecule has 0 heterocycles. The van der Waals surface area contributed by atoms with E-state index in [2.05, 4.69) is 0 Å². The van der Waals surface area contributed by atoms with Gasteiger partial charge < -0.3 is 4.90 Å². The summed E-state index contributed by atoms with van der Waals surface area (Å²) in [5.74, 6) is 0.249. The van der Waals surface area contributed by atoms with E-state index in [4.69, 9.17) is 0 Å². The molecule has 0 spiro atoms. The van der Waals surface area contributed by atoms with E-state index in [-0.39, 0.29) is 11.7 Å². The molecule has 1 atom stereocenters. The predicted molar refractivity (Wildman–Crippen MR) is 62.0 cm³/mol. The second-order valence-corrected chi connectivity index (χ2v) is 4.42. The zero-order chi connectivity index (χ0) is 11.5. The molecule has 1 aromatic rings. The van der Waals surface area contributed by atoms with Gasteiger partial charge in [0.15, 0.2) is 0 Å². The van der Waals surface area contributed by atoms with Gasteiger partial charge in [-0.1, -0.05) is 6.07 Å². The van der Waals surface area contributed by atoms with Gasteiger partial charge in [-0.05, 0) is 31.0 Å². The van der Waals surface area contributed by atoms with Gasteiger partial charge in [0.05, 0.1) is 0 Å². The minimum absolute atomic E-state index is 0.133. The van der Waals surface area contributed by atoms with Crippen molar-refractivity contribution in [2.45, 2.75) is 19.3 Å². The van der Waals surface area contributed by atoms with Gasteiger partial charge in [0, 0.05) is 31.6 Å². The largest absolute Gasteiger partial charge is 0.374 e. The molecule has 1 aromatic carbocycles. The van der Waals surface area contributed by atoms with Crippen LogP contribution in [0.4, 0.5) is 10.1 Å². The lowest BCUT2D eigenvalue weighted by Crippen LogP contribution is -2.27. The highest BCUT2D eigenvalue weighted by atomic mass is 19.1. The van der Waals surface area contributed by atoms with Crippen molar-refractivity contribution in [2.24, 2.45) is 5.92 Å². The average molecular weight is 221 g/mol. The van der Waals surface area contributed by atoms with E-state index in [1.165, 1.54) is 12.1 Å². The normalized spacial score (nSPS) is 20.1. The van der Waals surface area contributed by atoms with Crippen molar-refractivity contribution >= 4 is 11.5 Å². The molecule has 0 amide bonds. The lowest BCUT2D eigenvalue weighted by Gasteiger charge is -2.22. The average Bonchev–Trinajstić information content (AvgIpc) is 2.64. The fraction of sp³-hybridized carbons (Fsp3) is 0.462. The maximum Gasteiger partial charge on any atom is 0.137 e. The Kier molecular flexibility index (Phi) is 3.22. The van der Waals surface area contributed by atoms with Crippen LogP contribution in [-0.4, -0.2) is 19.4 Å². The maximum absolute atomic E-state index is 13.0. The van der Waals surface area contributed by atoms with Crippen LogP contribution in [0.25, 0.3) is 0 Å². The van der Waals surface area contributed by atoms with E-state index in [1.54, 1.807) is 6.07 Å². The summed E-state index contributed by atoms with van der Waals surface area (Å²) in [6.07, 6.45) is 2.68. The fourth-order valence-electron chi connectivity index (χ4n) is 2.23. The SMILES string of the molecule is CN(CC1CCCC1=O)c1cccc(F)c1. The molecule has 0 radical (unpaired) electrons. The van der Waals surface area contributed by atoms with Crippen LogP contribution in [0.1, 0.15) is 19.3 Å². The van der Waals surface area contributed by atoms with E-state index in [0.717, 1.165) is 18.5 Å². The first-order valence-corrected chi connectivity index (χ1v) is 5.66. The third kappa shape index (κ3) is 2.40. The molecule has 1 unspecified atom stereocenters. The van der Waals surface area contributed by atoms with Gasteiger partial charge in [0.2, 0.25) is 0 Å². The number of Topliss-reactive ketones (excluding diaryl/α,β-unsaturated/α-hetero) is 1. The van der Waals surface area contributed by atoms with Gasteiger partial charge in [-0.15, -0.1) is 0 Å². The molecule has 0 bridgehead atoms. The van der Waals surface area contributed by atoms with E-state index < -0.39 is 0 Å². The number of hydrogen-bond acceptors (Lipinski definition) is 2. The standard InChI is InChI=1S/C13H16FNO/c1-15(9-10-4-2-7-13(10)16)12-6-3-5-11(14)8-12/h3,5-6,8,10H,2,4,7,9H2,1H3. The predicted octanol–water partition coefficient (Wildman–Crippen LogP) is 2.63. The third-order valence-electron chi connectivity index (χ3n) is 3.17. The summed E-state index contributed by atoms with van der Waals surface area (Å²) in [6, 6.07) is 6.48. The Balaban J connectivity index is 2.02. The number of carbonyl (C=O) groups excluding carboxylic acids is 1. The van der Waals surface area contributed by atoms with Crippen molar-refractivity contribution in [1.29, 1.82) is 0 Å². The Bertz CT molecular complexity index is 391. The van der Waals surface area contributed by atoms with Crippen molar-refractivity contribution in [3.63, 3.8) is 0 Å². The molecule has 1 aliphatic rings. The molecule has 1 aliphatic carbocycles. The first-order valence-electron chi connectivity index (χ1n) is 5.66. The van der Waals surface area contributed by atoms with Crippen LogP contribution >= 0.6 is 0 Å². The summed E-state index contributed by atoms with van der Waals surface area (Å²) >= 11 is 0. The summed E-state index contributed by atoms with van der Waals surface area (Å²) < 4.78 is 13.0. The van der Waals surface area contributed by atoms with E-state index in [1.807, 2.05) is 18.0 Å². The van der Waals surface area contributed by atoms with Crippen molar-refractivity contribution in [2.75, 3.05) is 18.5 Å². The molecule has 16 heavy (non-hydrogen) atoms. The van der Waals surface area contributed by atoms with Crippen molar-refractivity contribution < 1.29 is 9.18 Å². The lowest BCUT2D eigenvalue weighted by molar-refractivity contribution is -0.120. The molecular weight excluding hydrogens is 205 g/mol. The first kappa shape index (κ1) is 11.1. The number of nitrogens with zero attached hydrogens (tertiary/aromatic N) is 1. The zero-order valence-electron chi connectivity index (χ0n) is 9.45. The van der Waals surface area contributed by atoms with Gasteiger partial charge in [-0.25, -0.2) is 4.39 Å². The van der Waals surface area contributed by atoms with Gasteiger partial charge in [0.25, 0.3) is 0 Å². The lowest BCUT2D eigenvalue weighted by atomic mass is 10.1. The number of anilines is 1. The highest BCUT2D eigenvalue weighted by Crippen LogP contribution is 2.24. The second-order valence-electron chi connectivity index (χ2n) is 4.42. The zero-order valence-corrected chi connectivity index (χ0v) is 9.45. The highest BCUT2D eigenvalue weighted by Gasteiger charge is 2.25. The Hall–Kier alpha value is -1.38. The second kappa shape index (κ2) is 4.64. The van der Waals surface area contributed by atoms with Gasteiger partial charge in [0.1, 0.15) is 11.6 Å². The molecule has 2 nitrogen and oxygen atoms in total.